The second-order valence-electron chi connectivity index (χ2n) is 4.07. The van der Waals surface area contributed by atoms with Gasteiger partial charge in [0.1, 0.15) is 0 Å². The van der Waals surface area contributed by atoms with E-state index in [1.165, 1.54) is 7.11 Å². The second kappa shape index (κ2) is 3.63. The molecule has 1 heterocycles. The van der Waals surface area contributed by atoms with E-state index < -0.39 is 11.8 Å². The fraction of sp³-hybridized carbons (Fsp3) is 0.333. The zero-order valence-corrected chi connectivity index (χ0v) is 9.24. The van der Waals surface area contributed by atoms with Crippen LogP contribution < -0.4 is 5.32 Å². The number of ether oxygens (including phenoxy) is 1. The monoisotopic (exact) mass is 219 g/mol. The molecule has 0 aromatic rings. The Morgan fingerprint density at radius 1 is 1.50 bits per heavy atom. The number of hydrogen-bond donors (Lipinski definition) is 1. The molecule has 0 amide bonds. The van der Waals surface area contributed by atoms with Crippen LogP contribution in [0.5, 0.6) is 0 Å². The summed E-state index contributed by atoms with van der Waals surface area (Å²) in [5.41, 5.74) is 0.984. The van der Waals surface area contributed by atoms with Gasteiger partial charge in [-0.05, 0) is 18.9 Å². The normalized spacial score (nSPS) is 26.4. The Morgan fingerprint density at radius 3 is 2.94 bits per heavy atom. The number of allylic oxidation sites excluding steroid dienone is 2. The lowest BCUT2D eigenvalue weighted by molar-refractivity contribution is -0.149. The van der Waals surface area contributed by atoms with Gasteiger partial charge in [-0.15, -0.1) is 0 Å². The fourth-order valence-electron chi connectivity index (χ4n) is 1.99. The molecule has 1 atom stereocenters. The highest BCUT2D eigenvalue weighted by molar-refractivity contribution is 6.41. The zero-order chi connectivity index (χ0) is 11.8. The van der Waals surface area contributed by atoms with E-state index in [9.17, 15) is 9.59 Å². The summed E-state index contributed by atoms with van der Waals surface area (Å²) in [6.45, 7) is 2.00. The van der Waals surface area contributed by atoms with E-state index in [0.717, 1.165) is 12.0 Å². The number of esters is 1. The maximum absolute atomic E-state index is 11.7. The van der Waals surface area contributed by atoms with Crippen molar-refractivity contribution in [3.8, 4) is 0 Å². The van der Waals surface area contributed by atoms with Gasteiger partial charge in [-0.3, -0.25) is 4.79 Å². The number of hydrogen-bond acceptors (Lipinski definition) is 4. The van der Waals surface area contributed by atoms with Gasteiger partial charge >= 0.3 is 5.97 Å². The molecular weight excluding hydrogens is 206 g/mol. The van der Waals surface area contributed by atoms with Crippen LogP contribution >= 0.6 is 0 Å². The number of carbonyl (C=O) groups excluding carboxylic acids is 2. The van der Waals surface area contributed by atoms with Crippen LogP contribution in [0.3, 0.4) is 0 Å². The summed E-state index contributed by atoms with van der Waals surface area (Å²) in [5.74, 6) is -1.42. The first-order valence-electron chi connectivity index (χ1n) is 5.07. The van der Waals surface area contributed by atoms with Crippen LogP contribution in [0.4, 0.5) is 0 Å². The van der Waals surface area contributed by atoms with Gasteiger partial charge in [0.25, 0.3) is 5.78 Å². The van der Waals surface area contributed by atoms with Crippen LogP contribution in [0.15, 0.2) is 35.6 Å². The second-order valence-corrected chi connectivity index (χ2v) is 4.07. The summed E-state index contributed by atoms with van der Waals surface area (Å²) in [7, 11) is 1.21. The molecule has 1 aliphatic heterocycles. The molecule has 1 aliphatic carbocycles. The van der Waals surface area contributed by atoms with Crippen LogP contribution in [-0.4, -0.2) is 24.4 Å². The molecule has 4 heteroatoms. The molecular formula is C12H13NO3. The Labute approximate surface area is 93.7 Å². The summed E-state index contributed by atoms with van der Waals surface area (Å²) >= 11 is 0. The van der Waals surface area contributed by atoms with E-state index in [1.807, 2.05) is 25.2 Å². The van der Waals surface area contributed by atoms with Crippen molar-refractivity contribution in [3.05, 3.63) is 35.6 Å². The van der Waals surface area contributed by atoms with Gasteiger partial charge in [0, 0.05) is 6.20 Å². The summed E-state index contributed by atoms with van der Waals surface area (Å²) in [6.07, 6.45) is 8.17. The number of fused-ring (bicyclic) bond motifs is 1. The van der Waals surface area contributed by atoms with Crippen LogP contribution in [0.25, 0.3) is 0 Å². The lowest BCUT2D eigenvalue weighted by Gasteiger charge is -2.28. The number of ketones is 1. The molecule has 0 radical (unpaired) electrons. The largest absolute Gasteiger partial charge is 0.463 e. The third-order valence-electron chi connectivity index (χ3n) is 2.96. The van der Waals surface area contributed by atoms with Crippen molar-refractivity contribution in [1.82, 2.24) is 5.32 Å². The zero-order valence-electron chi connectivity index (χ0n) is 9.24. The Hall–Kier alpha value is -1.84. The van der Waals surface area contributed by atoms with Crippen molar-refractivity contribution in [2.75, 3.05) is 7.11 Å². The summed E-state index contributed by atoms with van der Waals surface area (Å²) < 4.78 is 4.43. The average molecular weight is 219 g/mol. The molecule has 2 rings (SSSR count). The molecule has 16 heavy (non-hydrogen) atoms. The first-order chi connectivity index (χ1) is 7.58. The highest BCUT2D eigenvalue weighted by Gasteiger charge is 2.39. The lowest BCUT2D eigenvalue weighted by Crippen LogP contribution is -2.37. The van der Waals surface area contributed by atoms with Gasteiger partial charge in [0.15, 0.2) is 0 Å². The molecule has 0 fully saturated rings. The van der Waals surface area contributed by atoms with Gasteiger partial charge in [0.05, 0.1) is 18.2 Å². The van der Waals surface area contributed by atoms with Crippen molar-refractivity contribution >= 4 is 11.8 Å². The molecule has 0 saturated heterocycles. The first-order valence-corrected chi connectivity index (χ1v) is 5.07. The smallest absolute Gasteiger partial charge is 0.379 e. The van der Waals surface area contributed by atoms with E-state index >= 15 is 0 Å². The topological polar surface area (TPSA) is 55.4 Å². The standard InChI is InChI=1S/C12H13NO3/c1-12-6-4-3-5-9(12)8(7-13-12)10(14)11(15)16-2/h3-5,7,13H,6H2,1-2H3. The van der Waals surface area contributed by atoms with Crippen LogP contribution in [0.1, 0.15) is 13.3 Å². The number of methoxy groups -OCH3 is 1. The quantitative estimate of drug-likeness (QED) is 0.553. The molecule has 2 aliphatic rings. The Balaban J connectivity index is 2.32. The predicted octanol–water partition coefficient (Wildman–Crippen LogP) is 0.861. The highest BCUT2D eigenvalue weighted by atomic mass is 16.5. The molecule has 4 nitrogen and oxygen atoms in total. The summed E-state index contributed by atoms with van der Waals surface area (Å²) in [6, 6.07) is 0. The number of nitrogens with one attached hydrogen (secondary N) is 1. The molecule has 84 valence electrons. The molecule has 0 aromatic heterocycles. The molecule has 0 saturated carbocycles. The van der Waals surface area contributed by atoms with Gasteiger partial charge in [0.2, 0.25) is 0 Å². The van der Waals surface area contributed by atoms with Crippen molar-refractivity contribution < 1.29 is 14.3 Å². The highest BCUT2D eigenvalue weighted by Crippen LogP contribution is 2.35. The Bertz CT molecular complexity index is 445. The third kappa shape index (κ3) is 1.46. The molecule has 0 spiro atoms. The van der Waals surface area contributed by atoms with Crippen LogP contribution in [-0.2, 0) is 14.3 Å². The maximum atomic E-state index is 11.7. The number of Topliss-reactive ketones (excluding diaryl/α,β-unsaturated/α-hetero) is 1. The Morgan fingerprint density at radius 2 is 2.25 bits per heavy atom. The van der Waals surface area contributed by atoms with E-state index in [4.69, 9.17) is 0 Å². The van der Waals surface area contributed by atoms with Crippen molar-refractivity contribution in [1.29, 1.82) is 0 Å². The van der Waals surface area contributed by atoms with Crippen molar-refractivity contribution in [2.45, 2.75) is 18.9 Å². The van der Waals surface area contributed by atoms with E-state index in [2.05, 4.69) is 10.1 Å². The van der Waals surface area contributed by atoms with E-state index in [0.29, 0.717) is 5.57 Å². The molecule has 0 bridgehead atoms. The van der Waals surface area contributed by atoms with E-state index in [-0.39, 0.29) is 5.54 Å². The van der Waals surface area contributed by atoms with Gasteiger partial charge in [-0.1, -0.05) is 18.2 Å². The first kappa shape index (κ1) is 10.7. The molecule has 1 unspecified atom stereocenters. The van der Waals surface area contributed by atoms with Crippen LogP contribution in [0, 0.1) is 0 Å². The lowest BCUT2D eigenvalue weighted by atomic mass is 9.83. The van der Waals surface area contributed by atoms with Gasteiger partial charge < -0.3 is 10.1 Å². The van der Waals surface area contributed by atoms with Crippen molar-refractivity contribution in [3.63, 3.8) is 0 Å². The maximum Gasteiger partial charge on any atom is 0.379 e. The number of rotatable bonds is 2. The van der Waals surface area contributed by atoms with Gasteiger partial charge in [-0.2, -0.15) is 0 Å². The molecule has 1 N–H and O–H groups in total. The van der Waals surface area contributed by atoms with Crippen LogP contribution in [0.2, 0.25) is 0 Å². The van der Waals surface area contributed by atoms with Crippen molar-refractivity contribution in [2.24, 2.45) is 0 Å². The Kier molecular flexibility index (Phi) is 2.42. The third-order valence-corrected chi connectivity index (χ3v) is 2.96. The minimum atomic E-state index is -0.826. The average Bonchev–Trinajstić information content (AvgIpc) is 2.64. The van der Waals surface area contributed by atoms with E-state index in [1.54, 1.807) is 6.20 Å². The SMILES string of the molecule is COC(=O)C(=O)C1=CNC2(C)CC=CC=C12. The summed E-state index contributed by atoms with van der Waals surface area (Å²) in [5, 5.41) is 3.13. The minimum Gasteiger partial charge on any atom is -0.463 e. The molecule has 0 aromatic carbocycles. The predicted molar refractivity (Wildman–Crippen MR) is 58.5 cm³/mol. The summed E-state index contributed by atoms with van der Waals surface area (Å²) in [4.78, 5) is 22.9. The van der Waals surface area contributed by atoms with Gasteiger partial charge in [-0.25, -0.2) is 4.79 Å². The fourth-order valence-corrected chi connectivity index (χ4v) is 1.99. The number of carbonyl (C=O) groups is 2. The minimum absolute atomic E-state index is 0.270.